The molecule has 1 aromatic carbocycles. The van der Waals surface area contributed by atoms with E-state index >= 15 is 0 Å². The molecule has 3 aromatic rings. The first kappa shape index (κ1) is 31.0. The Labute approximate surface area is 230 Å². The van der Waals surface area contributed by atoms with Gasteiger partial charge in [-0.15, -0.1) is 0 Å². The smallest absolute Gasteiger partial charge is 0.418 e. The van der Waals surface area contributed by atoms with Gasteiger partial charge in [-0.3, -0.25) is 4.79 Å². The van der Waals surface area contributed by atoms with Crippen LogP contribution in [0.3, 0.4) is 0 Å². The number of ether oxygens (including phenoxy) is 1. The first-order chi connectivity index (χ1) is 18.6. The van der Waals surface area contributed by atoms with Crippen molar-refractivity contribution in [3.8, 4) is 11.6 Å². The van der Waals surface area contributed by atoms with Crippen LogP contribution in [0.15, 0.2) is 47.5 Å². The molecular weight excluding hydrogens is 550 g/mol. The predicted molar refractivity (Wildman–Crippen MR) is 143 cm³/mol. The van der Waals surface area contributed by atoms with Crippen LogP contribution in [0.5, 0.6) is 11.6 Å². The lowest BCUT2D eigenvalue weighted by atomic mass is 9.91. The summed E-state index contributed by atoms with van der Waals surface area (Å²) in [5.41, 5.74) is 3.85. The van der Waals surface area contributed by atoms with E-state index in [1.807, 2.05) is 13.8 Å². The van der Waals surface area contributed by atoms with Gasteiger partial charge in [0, 0.05) is 28.1 Å². The van der Waals surface area contributed by atoms with Crippen LogP contribution >= 0.6 is 0 Å². The maximum Gasteiger partial charge on any atom is 0.418 e. The molecule has 4 N–H and O–H groups in total. The molecule has 216 valence electrons. The molecule has 2 aromatic heterocycles. The Hall–Kier alpha value is -3.58. The Morgan fingerprint density at radius 3 is 2.42 bits per heavy atom. The van der Waals surface area contributed by atoms with Crippen molar-refractivity contribution in [2.24, 2.45) is 5.73 Å². The Kier molecular flexibility index (Phi) is 9.20. The zero-order valence-corrected chi connectivity index (χ0v) is 23.3. The molecule has 0 bridgehead atoms. The van der Waals surface area contributed by atoms with Gasteiger partial charge in [0.15, 0.2) is 5.75 Å². The van der Waals surface area contributed by atoms with E-state index < -0.39 is 55.9 Å². The number of carbonyl (C=O) groups is 1. The molecule has 0 radical (unpaired) electrons. The quantitative estimate of drug-likeness (QED) is 0.182. The van der Waals surface area contributed by atoms with Crippen LogP contribution in [0.25, 0.3) is 0 Å². The Bertz CT molecular complexity index is 1510. The van der Waals surface area contributed by atoms with Crippen molar-refractivity contribution in [2.45, 2.75) is 63.6 Å². The number of hydrogen-bond donors (Lipinski definition) is 3. The van der Waals surface area contributed by atoms with Crippen LogP contribution in [0, 0.1) is 24.6 Å². The fourth-order valence-corrected chi connectivity index (χ4v) is 5.53. The summed E-state index contributed by atoms with van der Waals surface area (Å²) in [6.07, 6.45) is -2.60. The van der Waals surface area contributed by atoms with Crippen LogP contribution in [0.2, 0.25) is 0 Å². The molecule has 3 rings (SSSR count). The number of nitrogens with zero attached hydrogens (tertiary/aromatic N) is 2. The number of carbonyl (C=O) groups excluding carboxylic acids is 1. The number of aryl methyl sites for hydroxylation is 1. The fourth-order valence-electron chi connectivity index (χ4n) is 3.98. The number of amides is 1. The van der Waals surface area contributed by atoms with Crippen molar-refractivity contribution in [3.05, 3.63) is 70.9 Å². The summed E-state index contributed by atoms with van der Waals surface area (Å²) >= 11 is 0. The van der Waals surface area contributed by atoms with Gasteiger partial charge in [0.05, 0.1) is 21.0 Å². The van der Waals surface area contributed by atoms with Gasteiger partial charge in [0.1, 0.15) is 5.56 Å². The highest BCUT2D eigenvalue weighted by Gasteiger charge is 2.36. The average molecular weight is 582 g/mol. The zero-order valence-electron chi connectivity index (χ0n) is 22.5. The molecule has 0 aliphatic rings. The summed E-state index contributed by atoms with van der Waals surface area (Å²) in [7, 11) is -3.28. The number of halogens is 4. The minimum absolute atomic E-state index is 0.00226. The van der Waals surface area contributed by atoms with E-state index in [9.17, 15) is 26.6 Å². The fraction of sp³-hybridized carbons (Fsp3) is 0.370. The summed E-state index contributed by atoms with van der Waals surface area (Å²) in [6.45, 7) is 6.37. The van der Waals surface area contributed by atoms with E-state index in [2.05, 4.69) is 15.3 Å². The van der Waals surface area contributed by atoms with Crippen molar-refractivity contribution in [2.75, 3.05) is 11.1 Å². The maximum atomic E-state index is 13.7. The van der Waals surface area contributed by atoms with E-state index in [1.54, 1.807) is 0 Å². The lowest BCUT2D eigenvalue weighted by Gasteiger charge is -2.27. The summed E-state index contributed by atoms with van der Waals surface area (Å²) in [5, 5.41) is 2.50. The van der Waals surface area contributed by atoms with Crippen molar-refractivity contribution >= 4 is 21.3 Å². The van der Waals surface area contributed by atoms with E-state index in [0.29, 0.717) is 25.5 Å². The third kappa shape index (κ3) is 7.13. The molecule has 0 fully saturated rings. The molecule has 2 heterocycles. The molecule has 0 aliphatic heterocycles. The van der Waals surface area contributed by atoms with Crippen LogP contribution in [-0.4, -0.2) is 31.4 Å². The second-order valence-electron chi connectivity index (χ2n) is 9.48. The standard InChI is InChI=1S/C27H31F4N5O3S/c1-5-26(32,6-2)12-13-40(33,38)19-9-7-8-18(14-19)36-24(37)23-16(3)20(27(29,30)31)15-34-25(23)39-21-10-11-22(28)35-17(21)4/h7-11,14-15,33H,5-6,12-13,32H2,1-4H3,(H,36,37). The second kappa shape index (κ2) is 11.9. The first-order valence-corrected chi connectivity index (χ1v) is 14.2. The van der Waals surface area contributed by atoms with Crippen molar-refractivity contribution in [1.29, 1.82) is 4.78 Å². The summed E-state index contributed by atoms with van der Waals surface area (Å²) in [6, 6.07) is 7.98. The Morgan fingerprint density at radius 2 is 1.82 bits per heavy atom. The number of benzene rings is 1. The number of hydrogen-bond acceptors (Lipinski definition) is 7. The average Bonchev–Trinajstić information content (AvgIpc) is 2.88. The number of nitrogens with one attached hydrogen (secondary N) is 2. The molecule has 13 heteroatoms. The van der Waals surface area contributed by atoms with E-state index in [0.717, 1.165) is 13.0 Å². The molecule has 40 heavy (non-hydrogen) atoms. The lowest BCUT2D eigenvalue weighted by molar-refractivity contribution is -0.138. The zero-order chi connectivity index (χ0) is 29.9. The monoisotopic (exact) mass is 581 g/mol. The summed E-state index contributed by atoms with van der Waals surface area (Å²) in [5.74, 6) is -2.22. The van der Waals surface area contributed by atoms with Gasteiger partial charge in [-0.25, -0.2) is 19.0 Å². The van der Waals surface area contributed by atoms with Gasteiger partial charge in [-0.1, -0.05) is 19.9 Å². The molecule has 1 unspecified atom stereocenters. The number of pyridine rings is 2. The molecule has 0 saturated carbocycles. The molecule has 0 spiro atoms. The van der Waals surface area contributed by atoms with Crippen LogP contribution in [0.1, 0.15) is 60.3 Å². The number of aromatic nitrogens is 2. The SMILES string of the molecule is CCC(N)(CC)CCS(=N)(=O)c1cccc(NC(=O)c2c(Oc3ccc(F)nc3C)ncc(C(F)(F)F)c2C)c1. The van der Waals surface area contributed by atoms with Crippen molar-refractivity contribution in [1.82, 2.24) is 9.97 Å². The molecular formula is C27H31F4N5O3S. The minimum Gasteiger partial charge on any atom is -0.436 e. The highest BCUT2D eigenvalue weighted by atomic mass is 32.2. The Morgan fingerprint density at radius 1 is 1.15 bits per heavy atom. The molecule has 1 atom stereocenters. The van der Waals surface area contributed by atoms with Gasteiger partial charge in [0.2, 0.25) is 11.8 Å². The van der Waals surface area contributed by atoms with Crippen LogP contribution < -0.4 is 15.8 Å². The third-order valence-electron chi connectivity index (χ3n) is 6.81. The number of rotatable bonds is 10. The number of nitrogens with two attached hydrogens (primary N) is 1. The maximum absolute atomic E-state index is 13.7. The van der Waals surface area contributed by atoms with Crippen molar-refractivity contribution in [3.63, 3.8) is 0 Å². The van der Waals surface area contributed by atoms with E-state index in [1.165, 1.54) is 37.3 Å². The van der Waals surface area contributed by atoms with E-state index in [4.69, 9.17) is 15.3 Å². The molecule has 0 aliphatic carbocycles. The molecule has 1 amide bonds. The van der Waals surface area contributed by atoms with Gasteiger partial charge in [-0.2, -0.15) is 17.6 Å². The summed E-state index contributed by atoms with van der Waals surface area (Å²) < 4.78 is 81.6. The highest BCUT2D eigenvalue weighted by molar-refractivity contribution is 7.92. The number of alkyl halides is 3. The van der Waals surface area contributed by atoms with Gasteiger partial charge in [-0.05, 0) is 69.0 Å². The lowest BCUT2D eigenvalue weighted by Crippen LogP contribution is -2.40. The van der Waals surface area contributed by atoms with Crippen LogP contribution in [-0.2, 0) is 15.9 Å². The van der Waals surface area contributed by atoms with Gasteiger partial charge >= 0.3 is 6.18 Å². The van der Waals surface area contributed by atoms with Gasteiger partial charge in [0.25, 0.3) is 5.91 Å². The highest BCUT2D eigenvalue weighted by Crippen LogP contribution is 2.37. The first-order valence-electron chi connectivity index (χ1n) is 12.4. The van der Waals surface area contributed by atoms with E-state index in [-0.39, 0.29) is 27.8 Å². The number of anilines is 1. The normalized spacial score (nSPS) is 13.5. The van der Waals surface area contributed by atoms with Crippen molar-refractivity contribution < 1.29 is 31.3 Å². The molecule has 8 nitrogen and oxygen atoms in total. The Balaban J connectivity index is 1.97. The second-order valence-corrected chi connectivity index (χ2v) is 11.7. The van der Waals surface area contributed by atoms with Gasteiger partial charge < -0.3 is 15.8 Å². The largest absolute Gasteiger partial charge is 0.436 e. The summed E-state index contributed by atoms with van der Waals surface area (Å²) in [4.78, 5) is 20.8. The topological polar surface area (TPSA) is 131 Å². The van der Waals surface area contributed by atoms with Crippen LogP contribution in [0.4, 0.5) is 23.2 Å². The predicted octanol–water partition coefficient (Wildman–Crippen LogP) is 6.61. The minimum atomic E-state index is -4.80. The third-order valence-corrected chi connectivity index (χ3v) is 8.61. The molecule has 0 saturated heterocycles.